The maximum absolute atomic E-state index is 12.3. The molecule has 1 amide bonds. The smallest absolute Gasteiger partial charge is 0.391 e. The number of aliphatic hydroxyl groups excluding tert-OH is 1. The Hall–Kier alpha value is -0.420. The molecule has 0 saturated heterocycles. The first-order valence-electron chi connectivity index (χ1n) is 4.47. The molecule has 1 rings (SSSR count). The molecule has 0 spiro atoms. The molecular formula is C8H12ClF2NO2. The molecule has 3 nitrogen and oxygen atoms in total. The van der Waals surface area contributed by atoms with Crippen LogP contribution in [0.4, 0.5) is 8.78 Å². The van der Waals surface area contributed by atoms with Crippen molar-refractivity contribution in [2.24, 2.45) is 0 Å². The number of alkyl halides is 3. The third-order valence-corrected chi connectivity index (χ3v) is 2.48. The van der Waals surface area contributed by atoms with E-state index in [1.807, 2.05) is 5.32 Å². The molecule has 1 saturated carbocycles. The van der Waals surface area contributed by atoms with Gasteiger partial charge in [0.2, 0.25) is 0 Å². The van der Waals surface area contributed by atoms with E-state index in [0.717, 1.165) is 12.8 Å². The molecule has 2 N–H and O–H groups in total. The Kier molecular flexibility index (Phi) is 3.66. The number of hydrogen-bond donors (Lipinski definition) is 2. The van der Waals surface area contributed by atoms with Crippen molar-refractivity contribution in [2.75, 3.05) is 0 Å². The van der Waals surface area contributed by atoms with Crippen molar-refractivity contribution in [2.45, 2.75) is 43.2 Å². The summed E-state index contributed by atoms with van der Waals surface area (Å²) in [6, 6.07) is -0.596. The monoisotopic (exact) mass is 227 g/mol. The van der Waals surface area contributed by atoms with E-state index in [4.69, 9.17) is 0 Å². The summed E-state index contributed by atoms with van der Waals surface area (Å²) in [7, 11) is 0. The van der Waals surface area contributed by atoms with Crippen LogP contribution in [-0.4, -0.2) is 28.5 Å². The fourth-order valence-corrected chi connectivity index (χ4v) is 1.58. The maximum Gasteiger partial charge on any atom is 0.399 e. The van der Waals surface area contributed by atoms with Gasteiger partial charge in [0, 0.05) is 0 Å². The molecule has 0 radical (unpaired) electrons. The van der Waals surface area contributed by atoms with Crippen LogP contribution >= 0.6 is 11.6 Å². The second-order valence-electron chi connectivity index (χ2n) is 3.43. The fourth-order valence-electron chi connectivity index (χ4n) is 1.53. The summed E-state index contributed by atoms with van der Waals surface area (Å²) in [6.45, 7) is 0. The second kappa shape index (κ2) is 4.40. The lowest BCUT2D eigenvalue weighted by Gasteiger charge is -2.28. The van der Waals surface area contributed by atoms with Crippen molar-refractivity contribution in [1.29, 1.82) is 0 Å². The van der Waals surface area contributed by atoms with Crippen LogP contribution in [0.2, 0.25) is 0 Å². The molecule has 0 aromatic rings. The summed E-state index contributed by atoms with van der Waals surface area (Å²) in [5, 5.41) is 7.53. The highest BCUT2D eigenvalue weighted by atomic mass is 35.5. The van der Waals surface area contributed by atoms with Gasteiger partial charge in [0.1, 0.15) is 0 Å². The molecule has 82 valence electrons. The quantitative estimate of drug-likeness (QED) is 0.698. The van der Waals surface area contributed by atoms with Crippen LogP contribution in [0.25, 0.3) is 0 Å². The van der Waals surface area contributed by atoms with Crippen molar-refractivity contribution in [1.82, 2.24) is 5.32 Å². The van der Waals surface area contributed by atoms with Crippen LogP contribution in [0.1, 0.15) is 25.7 Å². The van der Waals surface area contributed by atoms with Gasteiger partial charge in [-0.15, -0.1) is 0 Å². The molecule has 2 unspecified atom stereocenters. The Morgan fingerprint density at radius 2 is 2.00 bits per heavy atom. The lowest BCUT2D eigenvalue weighted by Crippen LogP contribution is -2.49. The number of rotatable bonds is 2. The van der Waals surface area contributed by atoms with Gasteiger partial charge in [0.05, 0.1) is 12.1 Å². The SMILES string of the molecule is O=C(NC1CCCCC1O)C(F)(F)Cl. The molecule has 0 aromatic heterocycles. The van der Waals surface area contributed by atoms with E-state index in [2.05, 4.69) is 11.6 Å². The largest absolute Gasteiger partial charge is 0.399 e. The molecule has 0 bridgehead atoms. The molecule has 6 heteroatoms. The van der Waals surface area contributed by atoms with Crippen molar-refractivity contribution < 1.29 is 18.7 Å². The van der Waals surface area contributed by atoms with Crippen LogP contribution < -0.4 is 5.32 Å². The molecule has 1 aliphatic carbocycles. The fraction of sp³-hybridized carbons (Fsp3) is 0.875. The third-order valence-electron chi connectivity index (χ3n) is 2.30. The molecule has 0 aliphatic heterocycles. The molecule has 1 aliphatic rings. The summed E-state index contributed by atoms with van der Waals surface area (Å²) in [4.78, 5) is 10.8. The zero-order valence-corrected chi connectivity index (χ0v) is 8.23. The summed E-state index contributed by atoms with van der Waals surface area (Å²) in [6.07, 6.45) is 1.96. The van der Waals surface area contributed by atoms with E-state index in [-0.39, 0.29) is 0 Å². The maximum atomic E-state index is 12.3. The normalized spacial score (nSPS) is 28.6. The van der Waals surface area contributed by atoms with Gasteiger partial charge >= 0.3 is 11.3 Å². The number of halogens is 3. The van der Waals surface area contributed by atoms with Crippen molar-refractivity contribution in [3.05, 3.63) is 0 Å². The summed E-state index contributed by atoms with van der Waals surface area (Å²) in [5.74, 6) is -1.54. The van der Waals surface area contributed by atoms with Crippen LogP contribution in [0.5, 0.6) is 0 Å². The molecule has 0 aromatic carbocycles. The second-order valence-corrected chi connectivity index (χ2v) is 3.90. The lowest BCUT2D eigenvalue weighted by atomic mass is 9.92. The average molecular weight is 228 g/mol. The van der Waals surface area contributed by atoms with E-state index < -0.39 is 23.4 Å². The minimum absolute atomic E-state index is 0.514. The van der Waals surface area contributed by atoms with Crippen LogP contribution in [0, 0.1) is 0 Å². The van der Waals surface area contributed by atoms with Gasteiger partial charge in [-0.3, -0.25) is 4.79 Å². The van der Waals surface area contributed by atoms with Crippen molar-refractivity contribution >= 4 is 17.5 Å². The molecule has 0 heterocycles. The van der Waals surface area contributed by atoms with Gasteiger partial charge in [-0.1, -0.05) is 12.8 Å². The predicted molar refractivity (Wildman–Crippen MR) is 47.2 cm³/mol. The topological polar surface area (TPSA) is 49.3 Å². The van der Waals surface area contributed by atoms with Gasteiger partial charge < -0.3 is 10.4 Å². The van der Waals surface area contributed by atoms with Crippen LogP contribution in [-0.2, 0) is 4.79 Å². The van der Waals surface area contributed by atoms with E-state index in [0.29, 0.717) is 12.8 Å². The average Bonchev–Trinajstić information content (AvgIpc) is 2.07. The zero-order chi connectivity index (χ0) is 10.8. The summed E-state index contributed by atoms with van der Waals surface area (Å²) < 4.78 is 24.5. The molecule has 1 fully saturated rings. The highest BCUT2D eigenvalue weighted by molar-refractivity contribution is 6.32. The number of hydrogen-bond acceptors (Lipinski definition) is 2. The predicted octanol–water partition coefficient (Wildman–Crippen LogP) is 1.24. The number of aliphatic hydroxyl groups is 1. The van der Waals surface area contributed by atoms with E-state index in [1.165, 1.54) is 0 Å². The molecular weight excluding hydrogens is 216 g/mol. The summed E-state index contributed by atoms with van der Waals surface area (Å²) in [5.41, 5.74) is 0. The van der Waals surface area contributed by atoms with Gasteiger partial charge in [0.25, 0.3) is 0 Å². The van der Waals surface area contributed by atoms with E-state index in [1.54, 1.807) is 0 Å². The number of carbonyl (C=O) groups excluding carboxylic acids is 1. The van der Waals surface area contributed by atoms with Crippen LogP contribution in [0.3, 0.4) is 0 Å². The Balaban J connectivity index is 2.46. The Bertz CT molecular complexity index is 220. The first kappa shape index (κ1) is 11.7. The molecule has 2 atom stereocenters. The summed E-state index contributed by atoms with van der Waals surface area (Å²) >= 11 is 4.52. The molecule has 14 heavy (non-hydrogen) atoms. The van der Waals surface area contributed by atoms with E-state index >= 15 is 0 Å². The number of amides is 1. The highest BCUT2D eigenvalue weighted by Crippen LogP contribution is 2.22. The van der Waals surface area contributed by atoms with Crippen molar-refractivity contribution in [3.8, 4) is 0 Å². The van der Waals surface area contributed by atoms with Crippen molar-refractivity contribution in [3.63, 3.8) is 0 Å². The van der Waals surface area contributed by atoms with Gasteiger partial charge in [-0.05, 0) is 24.4 Å². The third kappa shape index (κ3) is 3.06. The minimum Gasteiger partial charge on any atom is -0.391 e. The highest BCUT2D eigenvalue weighted by Gasteiger charge is 2.38. The number of nitrogens with one attached hydrogen (secondary N) is 1. The zero-order valence-electron chi connectivity index (χ0n) is 7.47. The lowest BCUT2D eigenvalue weighted by molar-refractivity contribution is -0.137. The Morgan fingerprint density at radius 1 is 1.43 bits per heavy atom. The first-order chi connectivity index (χ1) is 6.41. The van der Waals surface area contributed by atoms with Gasteiger partial charge in [-0.2, -0.15) is 8.78 Å². The van der Waals surface area contributed by atoms with Gasteiger partial charge in [0.15, 0.2) is 0 Å². The van der Waals surface area contributed by atoms with Crippen LogP contribution in [0.15, 0.2) is 0 Å². The van der Waals surface area contributed by atoms with Gasteiger partial charge in [-0.25, -0.2) is 0 Å². The Labute approximate surface area is 85.4 Å². The standard InChI is InChI=1S/C8H12ClF2NO2/c9-8(10,11)7(14)12-5-3-1-2-4-6(5)13/h5-6,13H,1-4H2,(H,12,14). The minimum atomic E-state index is -3.89. The van der Waals surface area contributed by atoms with E-state index in [9.17, 15) is 18.7 Å². The first-order valence-corrected chi connectivity index (χ1v) is 4.85. The Morgan fingerprint density at radius 3 is 2.50 bits per heavy atom. The number of carbonyl (C=O) groups is 1.